The van der Waals surface area contributed by atoms with Crippen LogP contribution in [0.5, 0.6) is 0 Å². The van der Waals surface area contributed by atoms with Crippen LogP contribution in [0.1, 0.15) is 65.4 Å². The molecule has 1 aliphatic rings. The van der Waals surface area contributed by atoms with E-state index in [0.29, 0.717) is 25.7 Å². The van der Waals surface area contributed by atoms with Gasteiger partial charge in [-0.05, 0) is 57.4 Å². The first kappa shape index (κ1) is 28.1. The lowest BCUT2D eigenvalue weighted by molar-refractivity contribution is -0.147. The van der Waals surface area contributed by atoms with Crippen molar-refractivity contribution in [3.05, 3.63) is 60.2 Å². The number of benzene rings is 1. The number of carbonyl (C=O) groups is 1. The van der Waals surface area contributed by atoms with Crippen LogP contribution in [-0.2, 0) is 16.0 Å². The smallest absolute Gasteiger partial charge is 0.306 e. The molecule has 0 saturated heterocycles. The number of rotatable bonds is 12. The molecule has 1 aromatic carbocycles. The SMILES string of the molecule is C.CC(C)OC(=O)CCC/C=C\C[C@@H]1[C@@H](/C=C/[C@@H](O)CCc2ccccc2)[C@H](O)C[C@@H]1O. The average Bonchev–Trinajstić information content (AvgIpc) is 3.00. The first-order valence-corrected chi connectivity index (χ1v) is 11.5. The number of aliphatic hydroxyl groups is 3. The van der Waals surface area contributed by atoms with Crippen molar-refractivity contribution in [2.24, 2.45) is 11.8 Å². The normalized spacial score (nSPS) is 24.2. The highest BCUT2D eigenvalue weighted by atomic mass is 16.5. The molecule has 2 rings (SSSR count). The van der Waals surface area contributed by atoms with Gasteiger partial charge in [0.2, 0.25) is 0 Å². The van der Waals surface area contributed by atoms with E-state index < -0.39 is 18.3 Å². The number of carbonyl (C=O) groups excluding carboxylic acids is 1. The van der Waals surface area contributed by atoms with E-state index in [9.17, 15) is 20.1 Å². The Kier molecular flexibility index (Phi) is 13.2. The molecule has 0 unspecified atom stereocenters. The summed E-state index contributed by atoms with van der Waals surface area (Å²) >= 11 is 0. The Morgan fingerprint density at radius 1 is 1.16 bits per heavy atom. The topological polar surface area (TPSA) is 87.0 Å². The van der Waals surface area contributed by atoms with Gasteiger partial charge in [0.25, 0.3) is 0 Å². The Bertz CT molecular complexity index is 697. The summed E-state index contributed by atoms with van der Waals surface area (Å²) in [5, 5.41) is 31.0. The highest BCUT2D eigenvalue weighted by molar-refractivity contribution is 5.69. The van der Waals surface area contributed by atoms with E-state index in [1.54, 1.807) is 6.08 Å². The second-order valence-corrected chi connectivity index (χ2v) is 8.73. The third kappa shape index (κ3) is 10.1. The van der Waals surface area contributed by atoms with Gasteiger partial charge in [-0.1, -0.05) is 62.1 Å². The van der Waals surface area contributed by atoms with Gasteiger partial charge >= 0.3 is 5.97 Å². The van der Waals surface area contributed by atoms with Crippen LogP contribution < -0.4 is 0 Å². The van der Waals surface area contributed by atoms with E-state index in [4.69, 9.17) is 4.74 Å². The molecular formula is C27H42O5. The quantitative estimate of drug-likeness (QED) is 0.248. The standard InChI is InChI=1S/C26H38O5.CH4/c1-19(2)31-26(30)13-9-4-3-8-12-22-23(25(29)18-24(22)28)17-16-21(27)15-14-20-10-6-5-7-11-20;/h3,5-8,10-11,16-17,19,21-25,27-29H,4,9,12-15,18H2,1-2H3;1H4/b8-3-,17-16+;/t21-,22+,23+,24-,25+;/m0./s1. The average molecular weight is 447 g/mol. The number of allylic oxidation sites excluding steroid dienone is 2. The second-order valence-electron chi connectivity index (χ2n) is 8.73. The van der Waals surface area contributed by atoms with Crippen LogP contribution in [0.2, 0.25) is 0 Å². The molecule has 1 aromatic rings. The summed E-state index contributed by atoms with van der Waals surface area (Å²) in [6.45, 7) is 3.68. The summed E-state index contributed by atoms with van der Waals surface area (Å²) in [5.74, 6) is -0.421. The summed E-state index contributed by atoms with van der Waals surface area (Å²) < 4.78 is 5.11. The van der Waals surface area contributed by atoms with Crippen LogP contribution in [0.4, 0.5) is 0 Å². The van der Waals surface area contributed by atoms with Crippen molar-refractivity contribution in [1.29, 1.82) is 0 Å². The van der Waals surface area contributed by atoms with Gasteiger partial charge in [0, 0.05) is 18.8 Å². The number of esters is 1. The van der Waals surface area contributed by atoms with Gasteiger partial charge in [-0.15, -0.1) is 0 Å². The third-order valence-corrected chi connectivity index (χ3v) is 5.74. The zero-order chi connectivity index (χ0) is 22.6. The number of unbranched alkanes of at least 4 members (excludes halogenated alkanes) is 1. The minimum absolute atomic E-state index is 0. The largest absolute Gasteiger partial charge is 0.463 e. The van der Waals surface area contributed by atoms with E-state index in [-0.39, 0.29) is 31.3 Å². The molecule has 32 heavy (non-hydrogen) atoms. The van der Waals surface area contributed by atoms with E-state index >= 15 is 0 Å². The maximum absolute atomic E-state index is 11.5. The molecule has 0 heterocycles. The Labute approximate surface area is 193 Å². The van der Waals surface area contributed by atoms with Crippen molar-refractivity contribution in [2.45, 2.75) is 90.6 Å². The predicted octanol–water partition coefficient (Wildman–Crippen LogP) is 4.60. The van der Waals surface area contributed by atoms with Crippen molar-refractivity contribution < 1.29 is 24.9 Å². The number of aliphatic hydroxyl groups excluding tert-OH is 3. The van der Waals surface area contributed by atoms with Crippen LogP contribution in [0, 0.1) is 11.8 Å². The van der Waals surface area contributed by atoms with Crippen LogP contribution in [0.3, 0.4) is 0 Å². The first-order valence-electron chi connectivity index (χ1n) is 11.5. The van der Waals surface area contributed by atoms with Gasteiger partial charge in [-0.25, -0.2) is 0 Å². The Balaban J connectivity index is 0.00000512. The molecule has 1 saturated carbocycles. The summed E-state index contributed by atoms with van der Waals surface area (Å²) in [4.78, 5) is 11.5. The summed E-state index contributed by atoms with van der Waals surface area (Å²) in [6.07, 6.45) is 10.2. The van der Waals surface area contributed by atoms with Gasteiger partial charge in [-0.2, -0.15) is 0 Å². The Morgan fingerprint density at radius 3 is 2.56 bits per heavy atom. The molecule has 0 bridgehead atoms. The number of hydrogen-bond acceptors (Lipinski definition) is 5. The summed E-state index contributed by atoms with van der Waals surface area (Å²) in [6, 6.07) is 10.0. The molecule has 0 spiro atoms. The molecule has 5 nitrogen and oxygen atoms in total. The van der Waals surface area contributed by atoms with Crippen molar-refractivity contribution in [3.63, 3.8) is 0 Å². The number of ether oxygens (including phenoxy) is 1. The van der Waals surface area contributed by atoms with E-state index in [2.05, 4.69) is 0 Å². The Hall–Kier alpha value is -1.95. The second kappa shape index (κ2) is 15.0. The zero-order valence-electron chi connectivity index (χ0n) is 18.8. The van der Waals surface area contributed by atoms with Gasteiger partial charge in [-0.3, -0.25) is 4.79 Å². The van der Waals surface area contributed by atoms with Crippen molar-refractivity contribution in [1.82, 2.24) is 0 Å². The molecule has 0 aliphatic heterocycles. The summed E-state index contributed by atoms with van der Waals surface area (Å²) in [7, 11) is 0. The van der Waals surface area contributed by atoms with Crippen LogP contribution in [-0.4, -0.2) is 45.7 Å². The fourth-order valence-corrected chi connectivity index (χ4v) is 4.08. The predicted molar refractivity (Wildman–Crippen MR) is 129 cm³/mol. The number of hydrogen-bond donors (Lipinski definition) is 3. The third-order valence-electron chi connectivity index (χ3n) is 5.74. The lowest BCUT2D eigenvalue weighted by atomic mass is 9.89. The monoisotopic (exact) mass is 446 g/mol. The molecule has 0 aromatic heterocycles. The van der Waals surface area contributed by atoms with Crippen LogP contribution >= 0.6 is 0 Å². The highest BCUT2D eigenvalue weighted by Gasteiger charge is 2.39. The van der Waals surface area contributed by atoms with Crippen molar-refractivity contribution in [3.8, 4) is 0 Å². The van der Waals surface area contributed by atoms with E-state index in [1.807, 2.05) is 62.4 Å². The molecule has 0 radical (unpaired) electrons. The maximum Gasteiger partial charge on any atom is 0.306 e. The molecule has 180 valence electrons. The maximum atomic E-state index is 11.5. The van der Waals surface area contributed by atoms with Gasteiger partial charge in [0.15, 0.2) is 0 Å². The van der Waals surface area contributed by atoms with E-state index in [1.165, 1.54) is 5.56 Å². The fraction of sp³-hybridized carbons (Fsp3) is 0.593. The zero-order valence-corrected chi connectivity index (χ0v) is 18.8. The minimum atomic E-state index is -0.600. The fourth-order valence-electron chi connectivity index (χ4n) is 4.08. The van der Waals surface area contributed by atoms with Crippen LogP contribution in [0.15, 0.2) is 54.6 Å². The lowest BCUT2D eigenvalue weighted by Gasteiger charge is -2.19. The molecular weight excluding hydrogens is 404 g/mol. The molecule has 5 atom stereocenters. The molecule has 0 amide bonds. The summed E-state index contributed by atoms with van der Waals surface area (Å²) in [5.41, 5.74) is 1.19. The van der Waals surface area contributed by atoms with Gasteiger partial charge < -0.3 is 20.1 Å². The minimum Gasteiger partial charge on any atom is -0.463 e. The van der Waals surface area contributed by atoms with Crippen molar-refractivity contribution in [2.75, 3.05) is 0 Å². The van der Waals surface area contributed by atoms with Crippen molar-refractivity contribution >= 4 is 5.97 Å². The van der Waals surface area contributed by atoms with Gasteiger partial charge in [0.1, 0.15) is 0 Å². The van der Waals surface area contributed by atoms with Gasteiger partial charge in [0.05, 0.1) is 24.4 Å². The van der Waals surface area contributed by atoms with Crippen LogP contribution in [0.25, 0.3) is 0 Å². The molecule has 1 aliphatic carbocycles. The molecule has 5 heteroatoms. The highest BCUT2D eigenvalue weighted by Crippen LogP contribution is 2.36. The first-order chi connectivity index (χ1) is 14.9. The lowest BCUT2D eigenvalue weighted by Crippen LogP contribution is -2.20. The van der Waals surface area contributed by atoms with E-state index in [0.717, 1.165) is 19.3 Å². The Morgan fingerprint density at radius 2 is 1.88 bits per heavy atom. The molecule has 1 fully saturated rings. The molecule has 3 N–H and O–H groups in total. The number of aryl methyl sites for hydroxylation is 1.